The second-order valence-corrected chi connectivity index (χ2v) is 11.1. The largest absolute Gasteiger partial charge is 0.493 e. The molecule has 1 N–H and O–H groups in total. The zero-order chi connectivity index (χ0) is 31.4. The van der Waals surface area contributed by atoms with Crippen molar-refractivity contribution >= 4 is 29.0 Å². The second kappa shape index (κ2) is 16.2. The second-order valence-electron chi connectivity index (χ2n) is 9.75. The van der Waals surface area contributed by atoms with Gasteiger partial charge in [0.2, 0.25) is 5.91 Å². The van der Waals surface area contributed by atoms with Crippen LogP contribution < -0.4 is 14.8 Å². The lowest BCUT2D eigenvalue weighted by Crippen LogP contribution is -2.45. The van der Waals surface area contributed by atoms with Gasteiger partial charge in [0, 0.05) is 41.7 Å². The van der Waals surface area contributed by atoms with Crippen molar-refractivity contribution < 1.29 is 37.0 Å². The molecule has 0 saturated carbocycles. The molecule has 3 amide bonds. The fourth-order valence-corrected chi connectivity index (χ4v) is 5.25. The molecule has 0 aliphatic rings. The van der Waals surface area contributed by atoms with Crippen molar-refractivity contribution in [2.75, 3.05) is 52.4 Å². The lowest BCUT2D eigenvalue weighted by Gasteiger charge is -2.28. The van der Waals surface area contributed by atoms with Gasteiger partial charge in [-0.15, -0.1) is 11.3 Å². The predicted molar refractivity (Wildman–Crippen MR) is 161 cm³/mol. The molecule has 3 aromatic rings. The van der Waals surface area contributed by atoms with Gasteiger partial charge in [-0.05, 0) is 74.7 Å². The highest BCUT2D eigenvalue weighted by Crippen LogP contribution is 2.31. The Bertz CT molecular complexity index is 1350. The molecule has 0 fully saturated rings. The van der Waals surface area contributed by atoms with Crippen LogP contribution in [0.1, 0.15) is 34.2 Å². The summed E-state index contributed by atoms with van der Waals surface area (Å²) in [6.07, 6.45) is -3.58. The quantitative estimate of drug-likeness (QED) is 0.193. The van der Waals surface area contributed by atoms with Gasteiger partial charge in [0.05, 0.1) is 26.3 Å². The number of methoxy groups -OCH3 is 2. The van der Waals surface area contributed by atoms with Gasteiger partial charge in [0.25, 0.3) is 0 Å². The van der Waals surface area contributed by atoms with Crippen LogP contribution in [0.4, 0.5) is 23.7 Å². The molecular weight excluding hydrogens is 583 g/mol. The van der Waals surface area contributed by atoms with E-state index in [2.05, 4.69) is 5.32 Å². The molecule has 234 valence electrons. The van der Waals surface area contributed by atoms with Gasteiger partial charge in [0.1, 0.15) is 6.54 Å². The third-order valence-corrected chi connectivity index (χ3v) is 7.57. The van der Waals surface area contributed by atoms with Crippen molar-refractivity contribution in [2.24, 2.45) is 0 Å². The maximum Gasteiger partial charge on any atom is 0.416 e. The Morgan fingerprint density at radius 2 is 1.72 bits per heavy atom. The molecule has 8 nitrogen and oxygen atoms in total. The molecule has 43 heavy (non-hydrogen) atoms. The first-order valence-electron chi connectivity index (χ1n) is 13.9. The average molecular weight is 622 g/mol. The molecule has 1 aromatic heterocycles. The van der Waals surface area contributed by atoms with Crippen molar-refractivity contribution in [1.29, 1.82) is 0 Å². The minimum Gasteiger partial charge on any atom is -0.493 e. The SMILES string of the molecule is CCOCCCN(CC(=O)N(CCc1ccc(OC)c(OC)c1)Cc1ccc(C)s1)C(=O)Nc1cccc(C(F)(F)F)c1. The van der Waals surface area contributed by atoms with Crippen LogP contribution in [0.5, 0.6) is 11.5 Å². The predicted octanol–water partition coefficient (Wildman–Crippen LogP) is 6.62. The van der Waals surface area contributed by atoms with Crippen molar-refractivity contribution in [2.45, 2.75) is 39.4 Å². The van der Waals surface area contributed by atoms with Crippen molar-refractivity contribution in [3.8, 4) is 11.5 Å². The van der Waals surface area contributed by atoms with E-state index in [9.17, 15) is 22.8 Å². The van der Waals surface area contributed by atoms with Crippen LogP contribution in [0.3, 0.4) is 0 Å². The first-order chi connectivity index (χ1) is 20.5. The molecule has 0 atom stereocenters. The van der Waals surface area contributed by atoms with Gasteiger partial charge < -0.3 is 29.3 Å². The normalized spacial score (nSPS) is 11.2. The summed E-state index contributed by atoms with van der Waals surface area (Å²) in [6, 6.07) is 13.3. The van der Waals surface area contributed by atoms with E-state index in [0.29, 0.717) is 50.6 Å². The fraction of sp³-hybridized carbons (Fsp3) is 0.419. The Kier molecular flexibility index (Phi) is 12.7. The topological polar surface area (TPSA) is 80.3 Å². The smallest absolute Gasteiger partial charge is 0.416 e. The summed E-state index contributed by atoms with van der Waals surface area (Å²) in [5.41, 5.74) is 0.0481. The number of halogens is 3. The number of nitrogens with one attached hydrogen (secondary N) is 1. The van der Waals surface area contributed by atoms with E-state index < -0.39 is 17.8 Å². The summed E-state index contributed by atoms with van der Waals surface area (Å²) in [4.78, 5) is 32.1. The standard InChI is InChI=1S/C31H38F3N3O5S/c1-5-42-17-7-15-37(30(39)35-25-9-6-8-24(19-25)31(32,33)34)21-29(38)36(20-26-12-10-22(2)43-26)16-14-23-11-13-27(40-3)28(18-23)41-4/h6,8-13,18-19H,5,7,14-17,20-21H2,1-4H3,(H,35,39). The summed E-state index contributed by atoms with van der Waals surface area (Å²) in [5.74, 6) is 0.892. The van der Waals surface area contributed by atoms with Crippen LogP contribution >= 0.6 is 11.3 Å². The molecule has 0 saturated heterocycles. The number of nitrogens with zero attached hydrogens (tertiary/aromatic N) is 2. The van der Waals surface area contributed by atoms with E-state index in [4.69, 9.17) is 14.2 Å². The third-order valence-electron chi connectivity index (χ3n) is 6.59. The number of aryl methyl sites for hydroxylation is 1. The summed E-state index contributed by atoms with van der Waals surface area (Å²) < 4.78 is 55.8. The van der Waals surface area contributed by atoms with Gasteiger partial charge in [-0.3, -0.25) is 4.79 Å². The number of ether oxygens (including phenoxy) is 3. The molecule has 0 spiro atoms. The van der Waals surface area contributed by atoms with Gasteiger partial charge in [0.15, 0.2) is 11.5 Å². The Hall–Kier alpha value is -3.77. The molecule has 0 aliphatic heterocycles. The van der Waals surface area contributed by atoms with Crippen LogP contribution in [-0.2, 0) is 28.7 Å². The first-order valence-corrected chi connectivity index (χ1v) is 14.7. The Morgan fingerprint density at radius 3 is 2.37 bits per heavy atom. The van der Waals surface area contributed by atoms with Gasteiger partial charge in [-0.25, -0.2) is 4.79 Å². The molecule has 1 heterocycles. The lowest BCUT2D eigenvalue weighted by molar-refractivity contribution is -0.137. The van der Waals surface area contributed by atoms with E-state index >= 15 is 0 Å². The number of thiophene rings is 1. The minimum atomic E-state index is -4.55. The lowest BCUT2D eigenvalue weighted by atomic mass is 10.1. The van der Waals surface area contributed by atoms with E-state index in [-0.39, 0.29) is 24.7 Å². The highest BCUT2D eigenvalue weighted by molar-refractivity contribution is 7.11. The maximum absolute atomic E-state index is 13.7. The number of urea groups is 1. The van der Waals surface area contributed by atoms with Gasteiger partial charge in [-0.2, -0.15) is 13.2 Å². The summed E-state index contributed by atoms with van der Waals surface area (Å²) in [7, 11) is 3.12. The van der Waals surface area contributed by atoms with Crippen LogP contribution in [0.2, 0.25) is 0 Å². The molecule has 0 aliphatic carbocycles. The maximum atomic E-state index is 13.7. The van der Waals surface area contributed by atoms with E-state index in [1.165, 1.54) is 17.0 Å². The van der Waals surface area contributed by atoms with Crippen molar-refractivity contribution in [1.82, 2.24) is 9.80 Å². The van der Waals surface area contributed by atoms with E-state index in [1.54, 1.807) is 36.5 Å². The summed E-state index contributed by atoms with van der Waals surface area (Å²) >= 11 is 1.58. The summed E-state index contributed by atoms with van der Waals surface area (Å²) in [5, 5.41) is 2.53. The van der Waals surface area contributed by atoms with Crippen molar-refractivity contribution in [3.63, 3.8) is 0 Å². The Labute approximate surface area is 254 Å². The van der Waals surface area contributed by atoms with Crippen molar-refractivity contribution in [3.05, 3.63) is 75.5 Å². The van der Waals surface area contributed by atoms with Gasteiger partial charge in [-0.1, -0.05) is 12.1 Å². The molecule has 0 radical (unpaired) electrons. The fourth-order valence-electron chi connectivity index (χ4n) is 4.34. The number of anilines is 1. The number of carbonyl (C=O) groups excluding carboxylic acids is 2. The number of hydrogen-bond acceptors (Lipinski definition) is 6. The number of amides is 3. The van der Waals surface area contributed by atoms with Crippen LogP contribution in [-0.4, -0.2) is 68.8 Å². The first kappa shape index (κ1) is 33.7. The molecule has 0 unspecified atom stereocenters. The minimum absolute atomic E-state index is 0.0125. The number of alkyl halides is 3. The highest BCUT2D eigenvalue weighted by Gasteiger charge is 2.31. The van der Waals surface area contributed by atoms with Gasteiger partial charge >= 0.3 is 12.2 Å². The number of hydrogen-bond donors (Lipinski definition) is 1. The number of benzene rings is 2. The summed E-state index contributed by atoms with van der Waals surface area (Å²) in [6.45, 7) is 5.35. The highest BCUT2D eigenvalue weighted by atomic mass is 32.1. The number of rotatable bonds is 15. The molecule has 0 bridgehead atoms. The molecule has 3 rings (SSSR count). The monoisotopic (exact) mass is 621 g/mol. The zero-order valence-electron chi connectivity index (χ0n) is 24.8. The molecular formula is C31H38F3N3O5S. The zero-order valence-corrected chi connectivity index (χ0v) is 25.6. The van der Waals surface area contributed by atoms with Crippen LogP contribution in [0, 0.1) is 6.92 Å². The number of carbonyl (C=O) groups is 2. The van der Waals surface area contributed by atoms with Crippen LogP contribution in [0.25, 0.3) is 0 Å². The Morgan fingerprint density at radius 1 is 0.953 bits per heavy atom. The Balaban J connectivity index is 1.79. The molecule has 12 heteroatoms. The average Bonchev–Trinajstić information content (AvgIpc) is 3.40. The van der Waals surface area contributed by atoms with E-state index in [1.807, 2.05) is 38.1 Å². The third kappa shape index (κ3) is 10.5. The molecule has 2 aromatic carbocycles. The van der Waals surface area contributed by atoms with Crippen LogP contribution in [0.15, 0.2) is 54.6 Å². The van der Waals surface area contributed by atoms with E-state index in [0.717, 1.165) is 27.5 Å².